The largest absolute Gasteiger partial charge is 0.382 e. The van der Waals surface area contributed by atoms with Crippen LogP contribution in [0.15, 0.2) is 30.9 Å². The third-order valence-corrected chi connectivity index (χ3v) is 3.32. The van der Waals surface area contributed by atoms with Crippen LogP contribution in [0, 0.1) is 19.3 Å². The second-order valence-corrected chi connectivity index (χ2v) is 4.71. The van der Waals surface area contributed by atoms with E-state index in [0.717, 1.165) is 11.0 Å². The zero-order valence-electron chi connectivity index (χ0n) is 11.3. The number of nitrogens with zero attached hydrogens (tertiary/aromatic N) is 4. The first kappa shape index (κ1) is 12.3. The van der Waals surface area contributed by atoms with Crippen LogP contribution in [-0.2, 0) is 0 Å². The summed E-state index contributed by atoms with van der Waals surface area (Å²) in [6.45, 7) is 4.13. The molecule has 0 aliphatic carbocycles. The zero-order chi connectivity index (χ0) is 14.3. The van der Waals surface area contributed by atoms with Crippen molar-refractivity contribution in [3.05, 3.63) is 47.7 Å². The Kier molecular flexibility index (Phi) is 2.71. The maximum absolute atomic E-state index is 7.32. The molecule has 3 N–H and O–H groups in total. The molecule has 0 fully saturated rings. The van der Waals surface area contributed by atoms with Crippen LogP contribution in [0.2, 0.25) is 0 Å². The molecule has 100 valence electrons. The highest BCUT2D eigenvalue weighted by atomic mass is 15.1. The Bertz CT molecular complexity index is 800. The molecule has 0 saturated carbocycles. The van der Waals surface area contributed by atoms with Crippen LogP contribution in [0.5, 0.6) is 0 Å². The van der Waals surface area contributed by atoms with Gasteiger partial charge in [0.1, 0.15) is 17.9 Å². The van der Waals surface area contributed by atoms with E-state index < -0.39 is 0 Å². The molecule has 1 aromatic carbocycles. The Morgan fingerprint density at radius 2 is 1.85 bits per heavy atom. The van der Waals surface area contributed by atoms with E-state index in [1.54, 1.807) is 12.5 Å². The van der Waals surface area contributed by atoms with E-state index >= 15 is 0 Å². The molecule has 0 spiro atoms. The number of imidazole rings is 1. The molecule has 0 radical (unpaired) electrons. The van der Waals surface area contributed by atoms with E-state index in [-0.39, 0.29) is 5.84 Å². The molecule has 20 heavy (non-hydrogen) atoms. The van der Waals surface area contributed by atoms with Crippen molar-refractivity contribution in [2.75, 3.05) is 0 Å². The Balaban J connectivity index is 2.14. The van der Waals surface area contributed by atoms with Gasteiger partial charge < -0.3 is 5.73 Å². The van der Waals surface area contributed by atoms with E-state index in [2.05, 4.69) is 40.9 Å². The third-order valence-electron chi connectivity index (χ3n) is 3.32. The number of hydrogen-bond acceptors (Lipinski definition) is 4. The average Bonchev–Trinajstić information content (AvgIpc) is 2.82. The SMILES string of the molecule is Cc1cc2ncn(-c3cnc(C(=N)N)cn3)c2cc1C. The lowest BCUT2D eigenvalue weighted by atomic mass is 10.1. The lowest BCUT2D eigenvalue weighted by Crippen LogP contribution is -2.14. The predicted molar refractivity (Wildman–Crippen MR) is 77.2 cm³/mol. The predicted octanol–water partition coefficient (Wildman–Crippen LogP) is 1.72. The van der Waals surface area contributed by atoms with E-state index in [1.807, 2.05) is 4.57 Å². The van der Waals surface area contributed by atoms with Gasteiger partial charge in [-0.2, -0.15) is 0 Å². The molecule has 0 unspecified atom stereocenters. The number of amidine groups is 1. The van der Waals surface area contributed by atoms with Crippen molar-refractivity contribution in [3.63, 3.8) is 0 Å². The number of aryl methyl sites for hydroxylation is 2. The quantitative estimate of drug-likeness (QED) is 0.545. The van der Waals surface area contributed by atoms with E-state index in [9.17, 15) is 0 Å². The number of fused-ring (bicyclic) bond motifs is 1. The van der Waals surface area contributed by atoms with Gasteiger partial charge in [-0.05, 0) is 37.1 Å². The van der Waals surface area contributed by atoms with Gasteiger partial charge in [-0.3, -0.25) is 9.98 Å². The number of nitrogens with two attached hydrogens (primary N) is 1. The minimum absolute atomic E-state index is 0.0917. The summed E-state index contributed by atoms with van der Waals surface area (Å²) >= 11 is 0. The molecule has 3 rings (SSSR count). The Hall–Kier alpha value is -2.76. The van der Waals surface area contributed by atoms with Crippen molar-refractivity contribution in [1.82, 2.24) is 19.5 Å². The van der Waals surface area contributed by atoms with Crippen LogP contribution in [-0.4, -0.2) is 25.4 Å². The van der Waals surface area contributed by atoms with Crippen molar-refractivity contribution in [2.45, 2.75) is 13.8 Å². The van der Waals surface area contributed by atoms with Gasteiger partial charge in [0.05, 0.1) is 23.4 Å². The van der Waals surface area contributed by atoms with Gasteiger partial charge in [0, 0.05) is 0 Å². The number of rotatable bonds is 2. The van der Waals surface area contributed by atoms with Crippen molar-refractivity contribution in [3.8, 4) is 5.82 Å². The molecule has 2 aromatic heterocycles. The fourth-order valence-electron chi connectivity index (χ4n) is 2.03. The van der Waals surface area contributed by atoms with Gasteiger partial charge in [0.15, 0.2) is 5.82 Å². The summed E-state index contributed by atoms with van der Waals surface area (Å²) < 4.78 is 1.87. The summed E-state index contributed by atoms with van der Waals surface area (Å²) in [6.07, 6.45) is 4.80. The molecular formula is C14H14N6. The fourth-order valence-corrected chi connectivity index (χ4v) is 2.03. The number of nitrogen functional groups attached to an aromatic ring is 1. The third kappa shape index (κ3) is 1.91. The summed E-state index contributed by atoms with van der Waals surface area (Å²) in [5.74, 6) is 0.562. The highest BCUT2D eigenvalue weighted by Crippen LogP contribution is 2.20. The minimum Gasteiger partial charge on any atom is -0.382 e. The number of benzene rings is 1. The van der Waals surface area contributed by atoms with Gasteiger partial charge in [-0.15, -0.1) is 0 Å². The maximum atomic E-state index is 7.32. The highest BCUT2D eigenvalue weighted by molar-refractivity contribution is 5.92. The first-order chi connectivity index (χ1) is 9.56. The molecule has 0 aliphatic heterocycles. The molecule has 0 saturated heterocycles. The van der Waals surface area contributed by atoms with Crippen LogP contribution in [0.3, 0.4) is 0 Å². The molecule has 3 aromatic rings. The summed E-state index contributed by atoms with van der Waals surface area (Å²) in [7, 11) is 0. The molecule has 0 atom stereocenters. The Labute approximate surface area is 115 Å². The molecule has 0 aliphatic rings. The average molecular weight is 266 g/mol. The van der Waals surface area contributed by atoms with Crippen LogP contribution in [0.1, 0.15) is 16.8 Å². The van der Waals surface area contributed by atoms with E-state index in [0.29, 0.717) is 11.5 Å². The topological polar surface area (TPSA) is 93.5 Å². The minimum atomic E-state index is -0.0917. The standard InChI is InChI=1S/C14H14N6/c1-8-3-10-12(4-9(8)2)20(7-19-10)13-6-17-11(5-18-13)14(15)16/h3-7H,1-2H3,(H3,15,16). The summed E-state index contributed by atoms with van der Waals surface area (Å²) in [5, 5.41) is 7.32. The van der Waals surface area contributed by atoms with Crippen molar-refractivity contribution < 1.29 is 0 Å². The van der Waals surface area contributed by atoms with Crippen LogP contribution in [0.4, 0.5) is 0 Å². The smallest absolute Gasteiger partial charge is 0.156 e. The van der Waals surface area contributed by atoms with Crippen LogP contribution < -0.4 is 5.73 Å². The summed E-state index contributed by atoms with van der Waals surface area (Å²) in [4.78, 5) is 12.8. The maximum Gasteiger partial charge on any atom is 0.156 e. The van der Waals surface area contributed by atoms with E-state index in [1.165, 1.54) is 17.3 Å². The molecule has 6 nitrogen and oxygen atoms in total. The first-order valence-corrected chi connectivity index (χ1v) is 6.17. The molecule has 0 bridgehead atoms. The lowest BCUT2D eigenvalue weighted by molar-refractivity contribution is 0.989. The normalized spacial score (nSPS) is 10.9. The van der Waals surface area contributed by atoms with E-state index in [4.69, 9.17) is 11.1 Å². The van der Waals surface area contributed by atoms with Crippen LogP contribution in [0.25, 0.3) is 16.9 Å². The number of hydrogen-bond donors (Lipinski definition) is 2. The van der Waals surface area contributed by atoms with Gasteiger partial charge in [-0.1, -0.05) is 0 Å². The highest BCUT2D eigenvalue weighted by Gasteiger charge is 2.08. The van der Waals surface area contributed by atoms with Gasteiger partial charge >= 0.3 is 0 Å². The summed E-state index contributed by atoms with van der Waals surface area (Å²) in [5.41, 5.74) is 10.1. The van der Waals surface area contributed by atoms with Crippen molar-refractivity contribution in [1.29, 1.82) is 5.41 Å². The zero-order valence-corrected chi connectivity index (χ0v) is 11.3. The molecular weight excluding hydrogens is 252 g/mol. The summed E-state index contributed by atoms with van der Waals surface area (Å²) in [6, 6.07) is 4.14. The van der Waals surface area contributed by atoms with Crippen LogP contribution >= 0.6 is 0 Å². The molecule has 6 heteroatoms. The number of aromatic nitrogens is 4. The van der Waals surface area contributed by atoms with Gasteiger partial charge in [-0.25, -0.2) is 15.0 Å². The van der Waals surface area contributed by atoms with Crippen molar-refractivity contribution in [2.24, 2.45) is 5.73 Å². The monoisotopic (exact) mass is 266 g/mol. The Morgan fingerprint density at radius 1 is 1.10 bits per heavy atom. The lowest BCUT2D eigenvalue weighted by Gasteiger charge is -2.05. The van der Waals surface area contributed by atoms with Crippen molar-refractivity contribution >= 4 is 16.9 Å². The molecule has 2 heterocycles. The second kappa shape index (κ2) is 4.41. The van der Waals surface area contributed by atoms with Gasteiger partial charge in [0.25, 0.3) is 0 Å². The second-order valence-electron chi connectivity index (χ2n) is 4.71. The Morgan fingerprint density at radius 3 is 2.50 bits per heavy atom. The number of nitrogens with one attached hydrogen (secondary N) is 1. The fraction of sp³-hybridized carbons (Fsp3) is 0.143. The van der Waals surface area contributed by atoms with Gasteiger partial charge in [0.2, 0.25) is 0 Å². The molecule has 0 amide bonds. The first-order valence-electron chi connectivity index (χ1n) is 6.17.